The number of benzene rings is 1. The fourth-order valence-corrected chi connectivity index (χ4v) is 3.46. The quantitative estimate of drug-likeness (QED) is 0.853. The minimum Gasteiger partial charge on any atom is -0.389 e. The Morgan fingerprint density at radius 2 is 2.37 bits per heavy atom. The third-order valence-corrected chi connectivity index (χ3v) is 4.38. The Balaban J connectivity index is 2.13. The molecule has 1 saturated heterocycles. The summed E-state index contributed by atoms with van der Waals surface area (Å²) in [5.74, 6) is 0.618. The number of thiocarbonyl (C=S) groups is 1. The van der Waals surface area contributed by atoms with Gasteiger partial charge in [0.25, 0.3) is 0 Å². The lowest BCUT2D eigenvalue weighted by Crippen LogP contribution is -2.37. The normalized spacial score (nSPS) is 19.5. The van der Waals surface area contributed by atoms with E-state index < -0.39 is 0 Å². The molecule has 1 fully saturated rings. The van der Waals surface area contributed by atoms with Gasteiger partial charge >= 0.3 is 0 Å². The summed E-state index contributed by atoms with van der Waals surface area (Å²) in [6, 6.07) is 6.18. The van der Waals surface area contributed by atoms with Gasteiger partial charge in [-0.1, -0.05) is 12.2 Å². The second-order valence-electron chi connectivity index (χ2n) is 4.94. The van der Waals surface area contributed by atoms with E-state index >= 15 is 0 Å². The minimum atomic E-state index is 0.425. The lowest BCUT2D eigenvalue weighted by molar-refractivity contribution is 0.143. The largest absolute Gasteiger partial charge is 0.389 e. The summed E-state index contributed by atoms with van der Waals surface area (Å²) in [4.78, 5) is 2.83. The van der Waals surface area contributed by atoms with E-state index in [1.165, 1.54) is 18.5 Å². The van der Waals surface area contributed by atoms with Crippen LogP contribution in [0.2, 0.25) is 0 Å². The van der Waals surface area contributed by atoms with Crippen molar-refractivity contribution >= 4 is 38.8 Å². The van der Waals surface area contributed by atoms with Crippen LogP contribution in [0.3, 0.4) is 0 Å². The number of halogens is 1. The molecule has 2 N–H and O–H groups in total. The van der Waals surface area contributed by atoms with Crippen LogP contribution in [-0.2, 0) is 4.74 Å². The van der Waals surface area contributed by atoms with Crippen molar-refractivity contribution < 1.29 is 4.74 Å². The van der Waals surface area contributed by atoms with Crippen molar-refractivity contribution in [3.05, 3.63) is 28.2 Å². The monoisotopic (exact) mass is 342 g/mol. The average molecular weight is 343 g/mol. The highest BCUT2D eigenvalue weighted by molar-refractivity contribution is 9.10. The molecule has 1 heterocycles. The van der Waals surface area contributed by atoms with Crippen molar-refractivity contribution in [1.82, 2.24) is 0 Å². The minimum absolute atomic E-state index is 0.425. The molecule has 1 unspecified atom stereocenters. The number of nitrogens with two attached hydrogens (primary N) is 1. The average Bonchev–Trinajstić information content (AvgIpc) is 2.39. The van der Waals surface area contributed by atoms with Crippen LogP contribution in [0, 0.1) is 5.92 Å². The van der Waals surface area contributed by atoms with Crippen LogP contribution in [0.25, 0.3) is 0 Å². The number of nitrogens with zero attached hydrogens (tertiary/aromatic N) is 1. The van der Waals surface area contributed by atoms with Gasteiger partial charge in [-0.3, -0.25) is 0 Å². The van der Waals surface area contributed by atoms with Gasteiger partial charge in [0, 0.05) is 35.9 Å². The van der Waals surface area contributed by atoms with Crippen LogP contribution in [0.4, 0.5) is 5.69 Å². The predicted octanol–water partition coefficient (Wildman–Crippen LogP) is 2.95. The number of methoxy groups -OCH3 is 1. The second kappa shape index (κ2) is 6.68. The standard InChI is InChI=1S/C14H19BrN2OS/c1-18-9-10-3-2-6-17(8-10)11-4-5-12(14(16)19)13(15)7-11/h4-5,7,10H,2-3,6,8-9H2,1H3,(H2,16,19). The van der Waals surface area contributed by atoms with E-state index in [0.29, 0.717) is 10.9 Å². The van der Waals surface area contributed by atoms with Gasteiger partial charge in [0.1, 0.15) is 4.99 Å². The van der Waals surface area contributed by atoms with E-state index in [-0.39, 0.29) is 0 Å². The maximum Gasteiger partial charge on any atom is 0.105 e. The molecule has 5 heteroatoms. The van der Waals surface area contributed by atoms with Gasteiger partial charge in [-0.15, -0.1) is 0 Å². The number of piperidine rings is 1. The fourth-order valence-electron chi connectivity index (χ4n) is 2.57. The van der Waals surface area contributed by atoms with Crippen LogP contribution >= 0.6 is 28.1 Å². The molecule has 0 radical (unpaired) electrons. The van der Waals surface area contributed by atoms with Crippen molar-refractivity contribution in [2.24, 2.45) is 11.7 Å². The molecule has 19 heavy (non-hydrogen) atoms. The number of anilines is 1. The lowest BCUT2D eigenvalue weighted by atomic mass is 9.98. The van der Waals surface area contributed by atoms with Crippen LogP contribution in [0.5, 0.6) is 0 Å². The first-order chi connectivity index (χ1) is 9.11. The number of hydrogen-bond acceptors (Lipinski definition) is 3. The molecular formula is C14H19BrN2OS. The van der Waals surface area contributed by atoms with E-state index in [2.05, 4.69) is 33.0 Å². The van der Waals surface area contributed by atoms with Crippen molar-refractivity contribution in [1.29, 1.82) is 0 Å². The van der Waals surface area contributed by atoms with Crippen LogP contribution < -0.4 is 10.6 Å². The zero-order chi connectivity index (χ0) is 13.8. The van der Waals surface area contributed by atoms with Crippen LogP contribution in [0.1, 0.15) is 18.4 Å². The molecular weight excluding hydrogens is 324 g/mol. The molecule has 0 aliphatic carbocycles. The number of ether oxygens (including phenoxy) is 1. The van der Waals surface area contributed by atoms with Crippen molar-refractivity contribution in [3.8, 4) is 0 Å². The Bertz CT molecular complexity index is 465. The predicted molar refractivity (Wildman–Crippen MR) is 86.8 cm³/mol. The molecule has 0 bridgehead atoms. The van der Waals surface area contributed by atoms with Gasteiger partial charge in [-0.25, -0.2) is 0 Å². The highest BCUT2D eigenvalue weighted by atomic mass is 79.9. The van der Waals surface area contributed by atoms with Gasteiger partial charge in [0.05, 0.1) is 6.61 Å². The molecule has 104 valence electrons. The maximum absolute atomic E-state index is 5.68. The molecule has 2 rings (SSSR count). The summed E-state index contributed by atoms with van der Waals surface area (Å²) < 4.78 is 6.23. The molecule has 1 aliphatic rings. The van der Waals surface area contributed by atoms with Crippen LogP contribution in [0.15, 0.2) is 22.7 Å². The van der Waals surface area contributed by atoms with Gasteiger partial charge in [-0.05, 0) is 52.9 Å². The van der Waals surface area contributed by atoms with E-state index in [1.807, 2.05) is 6.07 Å². The molecule has 0 saturated carbocycles. The molecule has 0 aromatic heterocycles. The van der Waals surface area contributed by atoms with E-state index in [1.54, 1.807) is 7.11 Å². The second-order valence-corrected chi connectivity index (χ2v) is 6.23. The Morgan fingerprint density at radius 1 is 1.58 bits per heavy atom. The summed E-state index contributed by atoms with van der Waals surface area (Å²) in [6.45, 7) is 2.98. The summed E-state index contributed by atoms with van der Waals surface area (Å²) in [5, 5.41) is 0. The smallest absolute Gasteiger partial charge is 0.105 e. The van der Waals surface area contributed by atoms with Gasteiger partial charge in [0.15, 0.2) is 0 Å². The lowest BCUT2D eigenvalue weighted by Gasteiger charge is -2.34. The first kappa shape index (κ1) is 14.8. The topological polar surface area (TPSA) is 38.5 Å². The fraction of sp³-hybridized carbons (Fsp3) is 0.500. The Kier molecular flexibility index (Phi) is 5.19. The summed E-state index contributed by atoms with van der Waals surface area (Å²) in [7, 11) is 1.77. The molecule has 1 atom stereocenters. The molecule has 1 aromatic carbocycles. The molecule has 3 nitrogen and oxygen atoms in total. The molecule has 1 aliphatic heterocycles. The highest BCUT2D eigenvalue weighted by Gasteiger charge is 2.20. The molecule has 0 amide bonds. The number of hydrogen-bond donors (Lipinski definition) is 1. The summed E-state index contributed by atoms with van der Waals surface area (Å²) in [5.41, 5.74) is 7.78. The van der Waals surface area contributed by atoms with Crippen molar-refractivity contribution in [2.75, 3.05) is 31.7 Å². The Labute approximate surface area is 128 Å². The third-order valence-electron chi connectivity index (χ3n) is 3.50. The first-order valence-electron chi connectivity index (χ1n) is 6.45. The van der Waals surface area contributed by atoms with Gasteiger partial charge < -0.3 is 15.4 Å². The van der Waals surface area contributed by atoms with Crippen molar-refractivity contribution in [2.45, 2.75) is 12.8 Å². The zero-order valence-corrected chi connectivity index (χ0v) is 13.5. The van der Waals surface area contributed by atoms with Gasteiger partial charge in [-0.2, -0.15) is 0 Å². The maximum atomic E-state index is 5.68. The zero-order valence-electron chi connectivity index (χ0n) is 11.1. The van der Waals surface area contributed by atoms with E-state index in [0.717, 1.165) is 29.7 Å². The Morgan fingerprint density at radius 3 is 3.00 bits per heavy atom. The summed E-state index contributed by atoms with van der Waals surface area (Å²) >= 11 is 8.56. The third kappa shape index (κ3) is 3.68. The summed E-state index contributed by atoms with van der Waals surface area (Å²) in [6.07, 6.45) is 2.46. The van der Waals surface area contributed by atoms with Gasteiger partial charge in [0.2, 0.25) is 0 Å². The molecule has 1 aromatic rings. The van der Waals surface area contributed by atoms with E-state index in [4.69, 9.17) is 22.7 Å². The van der Waals surface area contributed by atoms with E-state index in [9.17, 15) is 0 Å². The molecule has 0 spiro atoms. The SMILES string of the molecule is COCC1CCCN(c2ccc(C(N)=S)c(Br)c2)C1. The number of rotatable bonds is 4. The van der Waals surface area contributed by atoms with Crippen LogP contribution in [-0.4, -0.2) is 31.8 Å². The van der Waals surface area contributed by atoms with Crippen molar-refractivity contribution in [3.63, 3.8) is 0 Å². The first-order valence-corrected chi connectivity index (χ1v) is 7.65. The Hall–Kier alpha value is -0.650. The highest BCUT2D eigenvalue weighted by Crippen LogP contribution is 2.28.